The van der Waals surface area contributed by atoms with Crippen molar-refractivity contribution >= 4 is 5.69 Å². The molecule has 0 atom stereocenters. The average molecular weight is 180 g/mol. The van der Waals surface area contributed by atoms with Crippen LogP contribution in [-0.2, 0) is 0 Å². The first-order chi connectivity index (χ1) is 6.92. The lowest BCUT2D eigenvalue weighted by atomic mass is 10.1. The lowest BCUT2D eigenvalue weighted by molar-refractivity contribution is 1.33. The minimum Gasteiger partial charge on any atom is -0.268 e. The lowest BCUT2D eigenvalue weighted by Crippen LogP contribution is -1.81. The number of hydrogen-bond donors (Lipinski definition) is 0. The molecule has 0 aliphatic rings. The molecule has 2 heteroatoms. The minimum atomic E-state index is 0.596. The molecule has 0 aliphatic carbocycles. The highest BCUT2D eigenvalue weighted by Gasteiger charge is 2.03. The third-order valence-electron chi connectivity index (χ3n) is 1.95. The third kappa shape index (κ3) is 1.48. The van der Waals surface area contributed by atoms with Gasteiger partial charge in [-0.25, -0.2) is 4.85 Å². The first-order valence-corrected chi connectivity index (χ1v) is 4.30. The summed E-state index contributed by atoms with van der Waals surface area (Å²) in [6, 6.07) is 13.3. The highest BCUT2D eigenvalue weighted by molar-refractivity contribution is 5.74. The lowest BCUT2D eigenvalue weighted by Gasteiger charge is -2.01. The molecule has 1 aromatic carbocycles. The summed E-state index contributed by atoms with van der Waals surface area (Å²) < 4.78 is 0. The Morgan fingerprint density at radius 3 is 2.50 bits per heavy atom. The summed E-state index contributed by atoms with van der Waals surface area (Å²) in [6.45, 7) is 7.02. The summed E-state index contributed by atoms with van der Waals surface area (Å²) in [7, 11) is 0. The van der Waals surface area contributed by atoms with Gasteiger partial charge < -0.3 is 0 Å². The van der Waals surface area contributed by atoms with Crippen molar-refractivity contribution in [1.29, 1.82) is 0 Å². The first kappa shape index (κ1) is 8.46. The van der Waals surface area contributed by atoms with Gasteiger partial charge in [-0.3, -0.25) is 4.98 Å². The monoisotopic (exact) mass is 180 g/mol. The average Bonchev–Trinajstić information content (AvgIpc) is 2.30. The third-order valence-corrected chi connectivity index (χ3v) is 1.95. The van der Waals surface area contributed by atoms with E-state index in [-0.39, 0.29) is 0 Å². The van der Waals surface area contributed by atoms with E-state index in [1.807, 2.05) is 30.3 Å². The van der Waals surface area contributed by atoms with Crippen molar-refractivity contribution in [2.45, 2.75) is 0 Å². The van der Waals surface area contributed by atoms with Crippen molar-refractivity contribution < 1.29 is 0 Å². The standard InChI is InChI=1S/C12H8N2/c1-13-11-8-5-9-14-12(11)10-6-3-2-4-7-10/h2-9H. The molecule has 0 amide bonds. The highest BCUT2D eigenvalue weighted by atomic mass is 14.8. The Morgan fingerprint density at radius 2 is 1.79 bits per heavy atom. The second-order valence-electron chi connectivity index (χ2n) is 2.85. The Labute approximate surface area is 82.7 Å². The fraction of sp³-hybridized carbons (Fsp3) is 0. The van der Waals surface area contributed by atoms with Crippen LogP contribution >= 0.6 is 0 Å². The highest BCUT2D eigenvalue weighted by Crippen LogP contribution is 2.26. The molecule has 1 aromatic heterocycles. The van der Waals surface area contributed by atoms with Crippen LogP contribution in [0.25, 0.3) is 16.1 Å². The predicted octanol–water partition coefficient (Wildman–Crippen LogP) is 3.30. The van der Waals surface area contributed by atoms with Gasteiger partial charge in [-0.2, -0.15) is 0 Å². The van der Waals surface area contributed by atoms with Crippen molar-refractivity contribution in [3.63, 3.8) is 0 Å². The maximum Gasteiger partial charge on any atom is 0.212 e. The van der Waals surface area contributed by atoms with Crippen LogP contribution < -0.4 is 0 Å². The number of benzene rings is 1. The predicted molar refractivity (Wildman–Crippen MR) is 55.9 cm³/mol. The van der Waals surface area contributed by atoms with Crippen LogP contribution in [0.4, 0.5) is 5.69 Å². The van der Waals surface area contributed by atoms with Crippen LogP contribution in [-0.4, -0.2) is 4.98 Å². The Balaban J connectivity index is 2.58. The number of hydrogen-bond acceptors (Lipinski definition) is 1. The quantitative estimate of drug-likeness (QED) is 0.615. The van der Waals surface area contributed by atoms with Gasteiger partial charge in [-0.15, -0.1) is 0 Å². The van der Waals surface area contributed by atoms with E-state index in [1.165, 1.54) is 0 Å². The summed E-state index contributed by atoms with van der Waals surface area (Å²) >= 11 is 0. The van der Waals surface area contributed by atoms with Crippen LogP contribution in [0, 0.1) is 6.57 Å². The van der Waals surface area contributed by atoms with Gasteiger partial charge in [0.15, 0.2) is 0 Å². The van der Waals surface area contributed by atoms with Crippen LogP contribution in [0.2, 0.25) is 0 Å². The molecule has 2 rings (SSSR count). The Kier molecular flexibility index (Phi) is 2.24. The van der Waals surface area contributed by atoms with Gasteiger partial charge in [0.1, 0.15) is 0 Å². The second-order valence-corrected chi connectivity index (χ2v) is 2.85. The molecule has 14 heavy (non-hydrogen) atoms. The van der Waals surface area contributed by atoms with Gasteiger partial charge in [-0.1, -0.05) is 42.5 Å². The number of rotatable bonds is 1. The van der Waals surface area contributed by atoms with Crippen molar-refractivity contribution in [2.24, 2.45) is 0 Å². The summed E-state index contributed by atoms with van der Waals surface area (Å²) in [5, 5.41) is 0. The van der Waals surface area contributed by atoms with Crippen molar-refractivity contribution in [3.05, 3.63) is 60.1 Å². The van der Waals surface area contributed by atoms with E-state index in [0.717, 1.165) is 11.3 Å². The SMILES string of the molecule is [C-]#[N+]c1cccnc1-c1ccccc1. The zero-order valence-electron chi connectivity index (χ0n) is 7.51. The largest absolute Gasteiger partial charge is 0.268 e. The van der Waals surface area contributed by atoms with Gasteiger partial charge in [-0.05, 0) is 5.56 Å². The zero-order valence-corrected chi connectivity index (χ0v) is 7.51. The van der Waals surface area contributed by atoms with Crippen LogP contribution in [0.5, 0.6) is 0 Å². The first-order valence-electron chi connectivity index (χ1n) is 4.30. The fourth-order valence-electron chi connectivity index (χ4n) is 1.31. The molecule has 0 bridgehead atoms. The molecule has 0 saturated carbocycles. The molecule has 2 aromatic rings. The van der Waals surface area contributed by atoms with Gasteiger partial charge in [0.05, 0.1) is 12.3 Å². The molecule has 2 nitrogen and oxygen atoms in total. The summed E-state index contributed by atoms with van der Waals surface area (Å²) in [5.74, 6) is 0. The molecule has 0 saturated heterocycles. The molecule has 0 aliphatic heterocycles. The van der Waals surface area contributed by atoms with E-state index in [4.69, 9.17) is 6.57 Å². The van der Waals surface area contributed by atoms with Gasteiger partial charge in [0.25, 0.3) is 0 Å². The topological polar surface area (TPSA) is 17.2 Å². The molecule has 0 fully saturated rings. The van der Waals surface area contributed by atoms with E-state index in [0.29, 0.717) is 5.69 Å². The summed E-state index contributed by atoms with van der Waals surface area (Å²) in [5.41, 5.74) is 2.33. The Bertz CT molecular complexity index is 469. The normalized spacial score (nSPS) is 9.36. The molecule has 1 heterocycles. The molecule has 0 spiro atoms. The minimum absolute atomic E-state index is 0.596. The number of aromatic nitrogens is 1. The molecular formula is C12H8N2. The summed E-state index contributed by atoms with van der Waals surface area (Å²) in [4.78, 5) is 7.64. The maximum atomic E-state index is 7.02. The van der Waals surface area contributed by atoms with Crippen molar-refractivity contribution in [1.82, 2.24) is 4.98 Å². The van der Waals surface area contributed by atoms with Crippen molar-refractivity contribution in [3.8, 4) is 11.3 Å². The van der Waals surface area contributed by atoms with Gasteiger partial charge in [0, 0.05) is 6.20 Å². The molecule has 0 radical (unpaired) electrons. The Morgan fingerprint density at radius 1 is 1.00 bits per heavy atom. The maximum absolute atomic E-state index is 7.02. The van der Waals surface area contributed by atoms with Crippen molar-refractivity contribution in [2.75, 3.05) is 0 Å². The number of nitrogens with zero attached hydrogens (tertiary/aromatic N) is 2. The van der Waals surface area contributed by atoms with E-state index in [1.54, 1.807) is 18.3 Å². The van der Waals surface area contributed by atoms with Crippen LogP contribution in [0.15, 0.2) is 48.7 Å². The van der Waals surface area contributed by atoms with E-state index < -0.39 is 0 Å². The van der Waals surface area contributed by atoms with Crippen LogP contribution in [0.3, 0.4) is 0 Å². The summed E-state index contributed by atoms with van der Waals surface area (Å²) in [6.07, 6.45) is 1.71. The smallest absolute Gasteiger partial charge is 0.212 e. The fourth-order valence-corrected chi connectivity index (χ4v) is 1.31. The van der Waals surface area contributed by atoms with Gasteiger partial charge >= 0.3 is 0 Å². The zero-order chi connectivity index (χ0) is 9.80. The molecule has 0 N–H and O–H groups in total. The Hall–Kier alpha value is -2.14. The molecule has 66 valence electrons. The number of pyridine rings is 1. The van der Waals surface area contributed by atoms with Gasteiger partial charge in [0.2, 0.25) is 5.69 Å². The van der Waals surface area contributed by atoms with E-state index >= 15 is 0 Å². The molecular weight excluding hydrogens is 172 g/mol. The second kappa shape index (κ2) is 3.71. The molecule has 0 unspecified atom stereocenters. The van der Waals surface area contributed by atoms with E-state index in [9.17, 15) is 0 Å². The van der Waals surface area contributed by atoms with Crippen LogP contribution in [0.1, 0.15) is 0 Å². The van der Waals surface area contributed by atoms with E-state index in [2.05, 4.69) is 9.83 Å².